The number of benzene rings is 2. The Morgan fingerprint density at radius 2 is 2.00 bits per heavy atom. The Hall–Kier alpha value is -2.37. The lowest BCUT2D eigenvalue weighted by atomic mass is 10.0. The van der Waals surface area contributed by atoms with Crippen molar-refractivity contribution in [3.8, 4) is 5.75 Å². The first-order valence-corrected chi connectivity index (χ1v) is 9.27. The number of Topliss-reactive ketones (excluding diaryl/α,β-unsaturated/α-hetero) is 1. The third-order valence-corrected chi connectivity index (χ3v) is 4.97. The van der Waals surface area contributed by atoms with E-state index in [4.69, 9.17) is 21.1 Å². The molecular weight excluding hydrogens is 366 g/mol. The predicted octanol–water partition coefficient (Wildman–Crippen LogP) is 3.91. The first kappa shape index (κ1) is 19.4. The molecule has 0 spiro atoms. The van der Waals surface area contributed by atoms with Crippen LogP contribution in [0.15, 0.2) is 48.5 Å². The largest absolute Gasteiger partial charge is 0.497 e. The number of rotatable bonds is 6. The molecule has 0 N–H and O–H groups in total. The second-order valence-corrected chi connectivity index (χ2v) is 6.78. The fourth-order valence-corrected chi connectivity index (χ4v) is 3.38. The fourth-order valence-electron chi connectivity index (χ4n) is 3.12. The van der Waals surface area contributed by atoms with Gasteiger partial charge in [0.2, 0.25) is 5.91 Å². The molecule has 1 aliphatic heterocycles. The van der Waals surface area contributed by atoms with Gasteiger partial charge in [0.1, 0.15) is 11.9 Å². The second kappa shape index (κ2) is 9.02. The molecule has 6 heteroatoms. The number of nitrogens with zero attached hydrogens (tertiary/aromatic N) is 1. The summed E-state index contributed by atoms with van der Waals surface area (Å²) in [6.45, 7) is 1.41. The lowest BCUT2D eigenvalue weighted by molar-refractivity contribution is -0.139. The highest BCUT2D eigenvalue weighted by molar-refractivity contribution is 6.31. The number of ketones is 1. The fraction of sp³-hybridized carbons (Fsp3) is 0.333. The van der Waals surface area contributed by atoms with E-state index in [0.717, 1.165) is 5.56 Å². The average Bonchev–Trinajstić information content (AvgIpc) is 2.72. The molecule has 1 atom stereocenters. The summed E-state index contributed by atoms with van der Waals surface area (Å²) in [4.78, 5) is 26.7. The maximum atomic E-state index is 12.6. The van der Waals surface area contributed by atoms with Crippen molar-refractivity contribution >= 4 is 23.3 Å². The Kier molecular flexibility index (Phi) is 6.48. The maximum Gasteiger partial charge on any atom is 0.223 e. The number of ether oxygens (including phenoxy) is 2. The van der Waals surface area contributed by atoms with Crippen molar-refractivity contribution in [2.24, 2.45) is 0 Å². The SMILES string of the molecule is COc1cccc(C(=O)CCC(=O)N2CCOC(c3ccccc3Cl)C2)c1. The van der Waals surface area contributed by atoms with Gasteiger partial charge in [-0.1, -0.05) is 41.9 Å². The first-order chi connectivity index (χ1) is 13.1. The Morgan fingerprint density at radius 1 is 1.19 bits per heavy atom. The average molecular weight is 388 g/mol. The zero-order chi connectivity index (χ0) is 19.2. The lowest BCUT2D eigenvalue weighted by Crippen LogP contribution is -2.42. The quantitative estimate of drug-likeness (QED) is 0.705. The third kappa shape index (κ3) is 4.87. The maximum absolute atomic E-state index is 12.6. The van der Waals surface area contributed by atoms with Gasteiger partial charge in [-0.25, -0.2) is 0 Å². The number of hydrogen-bond donors (Lipinski definition) is 0. The Balaban J connectivity index is 1.57. The van der Waals surface area contributed by atoms with Crippen LogP contribution in [-0.4, -0.2) is 43.4 Å². The first-order valence-electron chi connectivity index (χ1n) is 8.89. The van der Waals surface area contributed by atoms with Crippen molar-refractivity contribution in [3.05, 3.63) is 64.7 Å². The lowest BCUT2D eigenvalue weighted by Gasteiger charge is -2.33. The number of carbonyl (C=O) groups excluding carboxylic acids is 2. The van der Waals surface area contributed by atoms with Crippen LogP contribution in [0.5, 0.6) is 5.75 Å². The van der Waals surface area contributed by atoms with E-state index in [-0.39, 0.29) is 30.6 Å². The smallest absolute Gasteiger partial charge is 0.223 e. The molecular formula is C21H22ClNO4. The van der Waals surface area contributed by atoms with E-state index < -0.39 is 0 Å². The molecule has 1 aliphatic rings. The van der Waals surface area contributed by atoms with Gasteiger partial charge in [-0.2, -0.15) is 0 Å². The van der Waals surface area contributed by atoms with Crippen LogP contribution in [0.2, 0.25) is 5.02 Å². The molecule has 1 amide bonds. The molecule has 1 saturated heterocycles. The van der Waals surface area contributed by atoms with Crippen molar-refractivity contribution in [3.63, 3.8) is 0 Å². The van der Waals surface area contributed by atoms with E-state index in [1.165, 1.54) is 0 Å². The number of methoxy groups -OCH3 is 1. The van der Waals surface area contributed by atoms with E-state index >= 15 is 0 Å². The predicted molar refractivity (Wildman–Crippen MR) is 103 cm³/mol. The van der Waals surface area contributed by atoms with Crippen LogP contribution in [0.4, 0.5) is 0 Å². The highest BCUT2D eigenvalue weighted by Gasteiger charge is 2.26. The summed E-state index contributed by atoms with van der Waals surface area (Å²) >= 11 is 6.24. The molecule has 2 aromatic rings. The van der Waals surface area contributed by atoms with Gasteiger partial charge in [0, 0.05) is 35.5 Å². The van der Waals surface area contributed by atoms with E-state index in [1.807, 2.05) is 24.3 Å². The molecule has 1 heterocycles. The zero-order valence-corrected chi connectivity index (χ0v) is 15.9. The Bertz CT molecular complexity index is 823. The Morgan fingerprint density at radius 3 is 2.78 bits per heavy atom. The molecule has 0 saturated carbocycles. The minimum absolute atomic E-state index is 0.0494. The summed E-state index contributed by atoms with van der Waals surface area (Å²) in [5.74, 6) is 0.507. The molecule has 5 nitrogen and oxygen atoms in total. The zero-order valence-electron chi connectivity index (χ0n) is 15.2. The van der Waals surface area contributed by atoms with Crippen molar-refractivity contribution in [2.75, 3.05) is 26.8 Å². The van der Waals surface area contributed by atoms with Crippen molar-refractivity contribution in [1.29, 1.82) is 0 Å². The number of hydrogen-bond acceptors (Lipinski definition) is 4. The van der Waals surface area contributed by atoms with Crippen molar-refractivity contribution < 1.29 is 19.1 Å². The molecule has 0 aliphatic carbocycles. The summed E-state index contributed by atoms with van der Waals surface area (Å²) in [6, 6.07) is 14.5. The summed E-state index contributed by atoms with van der Waals surface area (Å²) < 4.78 is 10.9. The molecule has 2 aromatic carbocycles. The van der Waals surface area contributed by atoms with Crippen LogP contribution < -0.4 is 4.74 Å². The summed E-state index contributed by atoms with van der Waals surface area (Å²) in [6.07, 6.45) is 0.0938. The van der Waals surface area contributed by atoms with Gasteiger partial charge in [0.25, 0.3) is 0 Å². The molecule has 1 fully saturated rings. The second-order valence-electron chi connectivity index (χ2n) is 6.38. The van der Waals surface area contributed by atoms with Gasteiger partial charge >= 0.3 is 0 Å². The van der Waals surface area contributed by atoms with Crippen molar-refractivity contribution in [1.82, 2.24) is 4.90 Å². The standard InChI is InChI=1S/C21H22ClNO4/c1-26-16-6-4-5-15(13-16)19(24)9-10-21(25)23-11-12-27-20(14-23)17-7-2-3-8-18(17)22/h2-8,13,20H,9-12,14H2,1H3. The van der Waals surface area contributed by atoms with Crippen LogP contribution in [0.3, 0.4) is 0 Å². The summed E-state index contributed by atoms with van der Waals surface area (Å²) in [5, 5.41) is 0.630. The van der Waals surface area contributed by atoms with Gasteiger partial charge < -0.3 is 14.4 Å². The molecule has 142 valence electrons. The number of halogens is 1. The third-order valence-electron chi connectivity index (χ3n) is 4.63. The van der Waals surface area contributed by atoms with Crippen molar-refractivity contribution in [2.45, 2.75) is 18.9 Å². The van der Waals surface area contributed by atoms with Gasteiger partial charge in [0.15, 0.2) is 5.78 Å². The molecule has 3 rings (SSSR count). The highest BCUT2D eigenvalue weighted by Crippen LogP contribution is 2.28. The Labute approximate surface area is 163 Å². The number of carbonyl (C=O) groups is 2. The minimum Gasteiger partial charge on any atom is -0.497 e. The topological polar surface area (TPSA) is 55.8 Å². The minimum atomic E-state index is -0.245. The van der Waals surface area contributed by atoms with Gasteiger partial charge in [-0.05, 0) is 18.2 Å². The van der Waals surface area contributed by atoms with Gasteiger partial charge in [-0.15, -0.1) is 0 Å². The summed E-state index contributed by atoms with van der Waals surface area (Å²) in [7, 11) is 1.56. The van der Waals surface area contributed by atoms with E-state index in [2.05, 4.69) is 0 Å². The van der Waals surface area contributed by atoms with E-state index in [0.29, 0.717) is 36.0 Å². The van der Waals surface area contributed by atoms with Crippen LogP contribution in [0, 0.1) is 0 Å². The van der Waals surface area contributed by atoms with Crippen LogP contribution in [-0.2, 0) is 9.53 Å². The molecule has 0 bridgehead atoms. The number of amides is 1. The molecule has 27 heavy (non-hydrogen) atoms. The van der Waals surface area contributed by atoms with Gasteiger partial charge in [0.05, 0.1) is 20.3 Å². The van der Waals surface area contributed by atoms with E-state index in [9.17, 15) is 9.59 Å². The summed E-state index contributed by atoms with van der Waals surface area (Å²) in [5.41, 5.74) is 1.43. The number of morpholine rings is 1. The molecule has 0 aromatic heterocycles. The normalized spacial score (nSPS) is 16.8. The molecule has 0 radical (unpaired) electrons. The van der Waals surface area contributed by atoms with Crippen LogP contribution in [0.25, 0.3) is 0 Å². The van der Waals surface area contributed by atoms with E-state index in [1.54, 1.807) is 36.3 Å². The van der Waals surface area contributed by atoms with Gasteiger partial charge in [-0.3, -0.25) is 9.59 Å². The monoisotopic (exact) mass is 387 g/mol. The highest BCUT2D eigenvalue weighted by atomic mass is 35.5. The molecule has 1 unspecified atom stereocenters. The van der Waals surface area contributed by atoms with Crippen LogP contribution >= 0.6 is 11.6 Å². The van der Waals surface area contributed by atoms with Crippen LogP contribution in [0.1, 0.15) is 34.9 Å².